The van der Waals surface area contributed by atoms with Crippen LogP contribution in [0.3, 0.4) is 0 Å². The average Bonchev–Trinajstić information content (AvgIpc) is 2.82. The molecule has 0 spiro atoms. The Morgan fingerprint density at radius 3 is 2.00 bits per heavy atom. The summed E-state index contributed by atoms with van der Waals surface area (Å²) in [5, 5.41) is 0. The molecule has 0 N–H and O–H groups in total. The summed E-state index contributed by atoms with van der Waals surface area (Å²) in [5.41, 5.74) is 0. The molecule has 1 aliphatic carbocycles. The van der Waals surface area contributed by atoms with Crippen molar-refractivity contribution in [2.45, 2.75) is 65.4 Å². The highest BCUT2D eigenvalue weighted by atomic mass is 16.5. The lowest BCUT2D eigenvalue weighted by atomic mass is 10.2. The number of hydrogen-bond donors (Lipinski definition) is 0. The van der Waals surface area contributed by atoms with E-state index in [9.17, 15) is 0 Å². The molecule has 0 radical (unpaired) electrons. The Morgan fingerprint density at radius 1 is 0.941 bits per heavy atom. The molecule has 0 aliphatic heterocycles. The van der Waals surface area contributed by atoms with Crippen molar-refractivity contribution in [2.75, 3.05) is 32.8 Å². The Bertz CT molecular complexity index is 181. The van der Waals surface area contributed by atoms with Crippen LogP contribution in [-0.4, -0.2) is 43.4 Å². The maximum Gasteiger partial charge on any atom is 0.102 e. The fraction of sp³-hybridized carbons (Fsp3) is 1.00. The highest BCUT2D eigenvalue weighted by molar-refractivity contribution is 4.66. The zero-order chi connectivity index (χ0) is 12.6. The Morgan fingerprint density at radius 2 is 1.53 bits per heavy atom. The molecular weight excluding hydrogens is 210 g/mol. The monoisotopic (exact) mass is 242 g/mol. The molecule has 0 unspecified atom stereocenters. The fourth-order valence-electron chi connectivity index (χ4n) is 3.23. The minimum Gasteiger partial charge on any atom is -0.372 e. The second-order valence-electron chi connectivity index (χ2n) is 5.61. The zero-order valence-electron chi connectivity index (χ0n) is 12.2. The van der Waals surface area contributed by atoms with Crippen LogP contribution >= 0.6 is 0 Å². The van der Waals surface area contributed by atoms with Gasteiger partial charge in [-0.3, -0.25) is 0 Å². The minimum atomic E-state index is 0.581. The van der Waals surface area contributed by atoms with Crippen molar-refractivity contribution in [1.82, 2.24) is 0 Å². The number of ether oxygens (including phenoxy) is 1. The Labute approximate surface area is 108 Å². The third-order valence-corrected chi connectivity index (χ3v) is 4.29. The second kappa shape index (κ2) is 8.10. The minimum absolute atomic E-state index is 0.581. The summed E-state index contributed by atoms with van der Waals surface area (Å²) < 4.78 is 7.30. The largest absolute Gasteiger partial charge is 0.372 e. The zero-order valence-corrected chi connectivity index (χ0v) is 12.2. The summed E-state index contributed by atoms with van der Waals surface area (Å²) >= 11 is 0. The molecule has 0 saturated heterocycles. The van der Waals surface area contributed by atoms with Crippen LogP contribution in [0, 0.1) is 0 Å². The number of hydrogen-bond acceptors (Lipinski definition) is 1. The van der Waals surface area contributed by atoms with E-state index in [-0.39, 0.29) is 0 Å². The predicted molar refractivity (Wildman–Crippen MR) is 74.2 cm³/mol. The summed E-state index contributed by atoms with van der Waals surface area (Å²) in [5.74, 6) is 0. The molecule has 1 aliphatic rings. The summed E-state index contributed by atoms with van der Waals surface area (Å²) in [6.45, 7) is 13.0. The van der Waals surface area contributed by atoms with Gasteiger partial charge in [-0.2, -0.15) is 0 Å². The molecule has 0 aromatic heterocycles. The van der Waals surface area contributed by atoms with Crippen LogP contribution in [-0.2, 0) is 4.74 Å². The van der Waals surface area contributed by atoms with Crippen molar-refractivity contribution in [1.29, 1.82) is 0 Å². The van der Waals surface area contributed by atoms with Gasteiger partial charge in [0.15, 0.2) is 0 Å². The maximum absolute atomic E-state index is 6.04. The van der Waals surface area contributed by atoms with Crippen molar-refractivity contribution < 1.29 is 9.22 Å². The van der Waals surface area contributed by atoms with E-state index in [4.69, 9.17) is 4.74 Å². The van der Waals surface area contributed by atoms with E-state index in [1.54, 1.807) is 0 Å². The second-order valence-corrected chi connectivity index (χ2v) is 5.61. The first-order chi connectivity index (χ1) is 8.26. The lowest BCUT2D eigenvalue weighted by molar-refractivity contribution is -0.927. The van der Waals surface area contributed by atoms with E-state index in [1.807, 2.05) is 0 Å². The molecule has 0 aromatic carbocycles. The molecule has 0 bridgehead atoms. The van der Waals surface area contributed by atoms with Gasteiger partial charge >= 0.3 is 0 Å². The van der Waals surface area contributed by atoms with E-state index < -0.39 is 0 Å². The van der Waals surface area contributed by atoms with Crippen LogP contribution in [0.5, 0.6) is 0 Å². The summed E-state index contributed by atoms with van der Waals surface area (Å²) in [6.07, 6.45) is 8.51. The SMILES string of the molecule is CCC[N+](CC)(CCC)CCOC1CCCC1. The van der Waals surface area contributed by atoms with E-state index in [0.717, 1.165) is 6.61 Å². The van der Waals surface area contributed by atoms with Crippen LogP contribution in [0.25, 0.3) is 0 Å². The van der Waals surface area contributed by atoms with E-state index in [0.29, 0.717) is 6.10 Å². The van der Waals surface area contributed by atoms with Gasteiger partial charge in [0, 0.05) is 0 Å². The Kier molecular flexibility index (Phi) is 7.14. The Hall–Kier alpha value is -0.0800. The number of quaternary nitrogens is 1. The van der Waals surface area contributed by atoms with Gasteiger partial charge in [-0.25, -0.2) is 0 Å². The fourth-order valence-corrected chi connectivity index (χ4v) is 3.23. The number of likely N-dealkylation sites (N-methyl/N-ethyl adjacent to an activating group) is 1. The van der Waals surface area contributed by atoms with Crippen molar-refractivity contribution >= 4 is 0 Å². The molecule has 1 saturated carbocycles. The quantitative estimate of drug-likeness (QED) is 0.561. The van der Waals surface area contributed by atoms with Gasteiger partial charge in [-0.05, 0) is 32.6 Å². The molecule has 1 fully saturated rings. The predicted octanol–water partition coefficient (Wildman–Crippen LogP) is 3.60. The van der Waals surface area contributed by atoms with Crippen molar-refractivity contribution in [3.8, 4) is 0 Å². The summed E-state index contributed by atoms with van der Waals surface area (Å²) in [4.78, 5) is 0. The van der Waals surface area contributed by atoms with E-state index in [2.05, 4.69) is 20.8 Å². The molecule has 102 valence electrons. The molecule has 0 aromatic rings. The van der Waals surface area contributed by atoms with Crippen molar-refractivity contribution in [2.24, 2.45) is 0 Å². The summed E-state index contributed by atoms with van der Waals surface area (Å²) in [6, 6.07) is 0. The third kappa shape index (κ3) is 4.97. The van der Waals surface area contributed by atoms with Crippen LogP contribution in [0.15, 0.2) is 0 Å². The van der Waals surface area contributed by atoms with Crippen LogP contribution < -0.4 is 0 Å². The molecule has 2 nitrogen and oxygen atoms in total. The van der Waals surface area contributed by atoms with Gasteiger partial charge in [0.05, 0.1) is 32.3 Å². The first-order valence-electron chi connectivity index (χ1n) is 7.73. The third-order valence-electron chi connectivity index (χ3n) is 4.29. The highest BCUT2D eigenvalue weighted by Gasteiger charge is 2.24. The molecule has 0 heterocycles. The smallest absolute Gasteiger partial charge is 0.102 e. The average molecular weight is 242 g/mol. The van der Waals surface area contributed by atoms with Crippen molar-refractivity contribution in [3.63, 3.8) is 0 Å². The van der Waals surface area contributed by atoms with Crippen LogP contribution in [0.2, 0.25) is 0 Å². The first-order valence-corrected chi connectivity index (χ1v) is 7.73. The molecule has 2 heteroatoms. The highest BCUT2D eigenvalue weighted by Crippen LogP contribution is 2.21. The standard InChI is InChI=1S/C15H32NO/c1-4-11-16(6-3,12-5-2)13-14-17-15-9-7-8-10-15/h15H,4-14H2,1-3H3/q+1. The maximum atomic E-state index is 6.04. The van der Waals surface area contributed by atoms with Gasteiger partial charge in [-0.1, -0.05) is 26.7 Å². The first kappa shape index (κ1) is 15.0. The molecule has 0 amide bonds. The summed E-state index contributed by atoms with van der Waals surface area (Å²) in [7, 11) is 0. The molecule has 1 rings (SSSR count). The molecule has 17 heavy (non-hydrogen) atoms. The molecular formula is C15H32NO+. The lowest BCUT2D eigenvalue weighted by Crippen LogP contribution is -2.51. The topological polar surface area (TPSA) is 9.23 Å². The number of rotatable bonds is 9. The van der Waals surface area contributed by atoms with Crippen LogP contribution in [0.1, 0.15) is 59.3 Å². The lowest BCUT2D eigenvalue weighted by Gasteiger charge is -2.37. The number of nitrogens with zero attached hydrogens (tertiary/aromatic N) is 1. The van der Waals surface area contributed by atoms with Gasteiger partial charge < -0.3 is 9.22 Å². The van der Waals surface area contributed by atoms with Gasteiger partial charge in [0.25, 0.3) is 0 Å². The normalized spacial score (nSPS) is 17.8. The van der Waals surface area contributed by atoms with E-state index >= 15 is 0 Å². The van der Waals surface area contributed by atoms with Crippen LogP contribution in [0.4, 0.5) is 0 Å². The van der Waals surface area contributed by atoms with Gasteiger partial charge in [0.1, 0.15) is 6.54 Å². The van der Waals surface area contributed by atoms with Gasteiger partial charge in [-0.15, -0.1) is 0 Å². The Balaban J connectivity index is 2.30. The van der Waals surface area contributed by atoms with Crippen molar-refractivity contribution in [3.05, 3.63) is 0 Å². The van der Waals surface area contributed by atoms with E-state index in [1.165, 1.54) is 69.2 Å². The van der Waals surface area contributed by atoms with Gasteiger partial charge in [0.2, 0.25) is 0 Å². The molecule has 0 atom stereocenters.